The van der Waals surface area contributed by atoms with Gasteiger partial charge in [-0.3, -0.25) is 4.79 Å². The van der Waals surface area contributed by atoms with Crippen LogP contribution in [0.3, 0.4) is 0 Å². The van der Waals surface area contributed by atoms with Gasteiger partial charge in [-0.1, -0.05) is 12.1 Å². The van der Waals surface area contributed by atoms with Crippen molar-refractivity contribution in [2.75, 3.05) is 6.61 Å². The highest BCUT2D eigenvalue weighted by molar-refractivity contribution is 5.66. The largest absolute Gasteiger partial charge is 0.494 e. The number of carbonyl (C=O) groups is 1. The molecule has 17 heavy (non-hydrogen) atoms. The molecule has 1 unspecified atom stereocenters. The molecular formula is C13H19NO3. The molecule has 4 nitrogen and oxygen atoms in total. The number of carboxylic acids is 1. The number of aliphatic carboxylic acids is 1. The minimum atomic E-state index is -0.802. The van der Waals surface area contributed by atoms with Crippen LogP contribution in [0.15, 0.2) is 24.3 Å². The highest BCUT2D eigenvalue weighted by Gasteiger charge is 2.07. The van der Waals surface area contributed by atoms with E-state index >= 15 is 0 Å². The summed E-state index contributed by atoms with van der Waals surface area (Å²) >= 11 is 0. The van der Waals surface area contributed by atoms with Crippen molar-refractivity contribution in [1.82, 2.24) is 0 Å². The van der Waals surface area contributed by atoms with E-state index in [0.29, 0.717) is 19.4 Å². The molecule has 0 bridgehead atoms. The quantitative estimate of drug-likeness (QED) is 0.758. The van der Waals surface area contributed by atoms with E-state index in [4.69, 9.17) is 15.6 Å². The average molecular weight is 237 g/mol. The highest BCUT2D eigenvalue weighted by atomic mass is 16.5. The van der Waals surface area contributed by atoms with Crippen LogP contribution in [-0.4, -0.2) is 23.7 Å². The monoisotopic (exact) mass is 237 g/mol. The predicted octanol–water partition coefficient (Wildman–Crippen LogP) is 1.82. The van der Waals surface area contributed by atoms with Gasteiger partial charge in [0, 0.05) is 12.5 Å². The van der Waals surface area contributed by atoms with Crippen LogP contribution in [-0.2, 0) is 11.2 Å². The van der Waals surface area contributed by atoms with Crippen molar-refractivity contribution < 1.29 is 14.6 Å². The molecule has 0 amide bonds. The molecule has 0 fully saturated rings. The number of benzene rings is 1. The summed E-state index contributed by atoms with van der Waals surface area (Å²) in [6.07, 6.45) is 1.29. The molecule has 4 heteroatoms. The predicted molar refractivity (Wildman–Crippen MR) is 66.2 cm³/mol. The number of nitrogens with two attached hydrogens (primary N) is 1. The van der Waals surface area contributed by atoms with Crippen LogP contribution in [0.5, 0.6) is 5.75 Å². The van der Waals surface area contributed by atoms with Gasteiger partial charge in [-0.15, -0.1) is 0 Å². The van der Waals surface area contributed by atoms with Crippen LogP contribution in [0.1, 0.15) is 25.3 Å². The summed E-state index contributed by atoms with van der Waals surface area (Å²) in [7, 11) is 0. The first-order chi connectivity index (χ1) is 8.11. The van der Waals surface area contributed by atoms with Gasteiger partial charge in [0.1, 0.15) is 5.75 Å². The summed E-state index contributed by atoms with van der Waals surface area (Å²) in [5.41, 5.74) is 6.95. The molecule has 0 spiro atoms. The van der Waals surface area contributed by atoms with E-state index in [1.807, 2.05) is 31.2 Å². The first kappa shape index (κ1) is 13.5. The maximum Gasteiger partial charge on any atom is 0.303 e. The van der Waals surface area contributed by atoms with E-state index in [1.54, 1.807) is 0 Å². The zero-order chi connectivity index (χ0) is 12.7. The van der Waals surface area contributed by atoms with Crippen LogP contribution in [0.25, 0.3) is 0 Å². The molecular weight excluding hydrogens is 218 g/mol. The van der Waals surface area contributed by atoms with E-state index in [-0.39, 0.29) is 12.5 Å². The maximum absolute atomic E-state index is 10.4. The third kappa shape index (κ3) is 5.36. The molecule has 1 rings (SSSR count). The first-order valence-corrected chi connectivity index (χ1v) is 5.81. The number of rotatable bonds is 7. The zero-order valence-electron chi connectivity index (χ0n) is 10.1. The Bertz CT molecular complexity index is 365. The maximum atomic E-state index is 10.4. The number of hydrogen-bond acceptors (Lipinski definition) is 3. The highest BCUT2D eigenvalue weighted by Crippen LogP contribution is 2.15. The van der Waals surface area contributed by atoms with Gasteiger partial charge < -0.3 is 15.6 Å². The summed E-state index contributed by atoms with van der Waals surface area (Å²) in [5, 5.41) is 8.57. The van der Waals surface area contributed by atoms with Crippen LogP contribution < -0.4 is 10.5 Å². The molecule has 0 aromatic heterocycles. The minimum Gasteiger partial charge on any atom is -0.494 e. The van der Waals surface area contributed by atoms with Crippen LogP contribution in [0, 0.1) is 0 Å². The molecule has 3 N–H and O–H groups in total. The van der Waals surface area contributed by atoms with Gasteiger partial charge in [0.2, 0.25) is 0 Å². The molecule has 0 saturated heterocycles. The lowest BCUT2D eigenvalue weighted by Gasteiger charge is -2.11. The summed E-state index contributed by atoms with van der Waals surface area (Å²) < 4.78 is 5.39. The Kier molecular flexibility index (Phi) is 5.49. The van der Waals surface area contributed by atoms with Gasteiger partial charge in [0.05, 0.1) is 6.61 Å². The minimum absolute atomic E-state index is 0.117. The summed E-state index contributed by atoms with van der Waals surface area (Å²) in [6.45, 7) is 2.57. The molecule has 1 aromatic carbocycles. The van der Waals surface area contributed by atoms with Crippen molar-refractivity contribution in [2.45, 2.75) is 32.2 Å². The number of carboxylic acid groups (broad SMARTS) is 1. The third-order valence-electron chi connectivity index (χ3n) is 2.44. The molecule has 0 aliphatic heterocycles. The molecule has 1 aromatic rings. The Balaban J connectivity index is 2.49. The molecule has 1 atom stereocenters. The smallest absolute Gasteiger partial charge is 0.303 e. The van der Waals surface area contributed by atoms with Crippen LogP contribution >= 0.6 is 0 Å². The van der Waals surface area contributed by atoms with Gasteiger partial charge in [0.15, 0.2) is 0 Å². The number of hydrogen-bond donors (Lipinski definition) is 2. The Morgan fingerprint density at radius 1 is 1.53 bits per heavy atom. The second kappa shape index (κ2) is 6.91. The van der Waals surface area contributed by atoms with E-state index in [9.17, 15) is 4.79 Å². The normalized spacial score (nSPS) is 12.1. The third-order valence-corrected chi connectivity index (χ3v) is 2.44. The topological polar surface area (TPSA) is 72.5 Å². The van der Waals surface area contributed by atoms with E-state index < -0.39 is 5.97 Å². The van der Waals surface area contributed by atoms with Gasteiger partial charge >= 0.3 is 5.97 Å². The molecule has 0 aliphatic rings. The summed E-state index contributed by atoms with van der Waals surface area (Å²) in [6, 6.07) is 7.62. The Hall–Kier alpha value is -1.55. The zero-order valence-corrected chi connectivity index (χ0v) is 10.1. The standard InChI is InChI=1S/C13H19NO3/c1-2-17-12-5-3-4-10(9-12)8-11(14)6-7-13(15)16/h3-5,9,11H,2,6-8,14H2,1H3,(H,15,16). The van der Waals surface area contributed by atoms with Crippen molar-refractivity contribution in [2.24, 2.45) is 5.73 Å². The van der Waals surface area contributed by atoms with E-state index in [0.717, 1.165) is 11.3 Å². The average Bonchev–Trinajstić information content (AvgIpc) is 2.27. The van der Waals surface area contributed by atoms with Gasteiger partial charge in [-0.25, -0.2) is 0 Å². The van der Waals surface area contributed by atoms with Crippen LogP contribution in [0.4, 0.5) is 0 Å². The van der Waals surface area contributed by atoms with Crippen molar-refractivity contribution >= 4 is 5.97 Å². The molecule has 0 aliphatic carbocycles. The Morgan fingerprint density at radius 2 is 2.29 bits per heavy atom. The molecule has 94 valence electrons. The van der Waals surface area contributed by atoms with Crippen molar-refractivity contribution in [3.63, 3.8) is 0 Å². The lowest BCUT2D eigenvalue weighted by Crippen LogP contribution is -2.23. The molecule has 0 radical (unpaired) electrons. The lowest BCUT2D eigenvalue weighted by molar-refractivity contribution is -0.137. The summed E-state index contributed by atoms with van der Waals surface area (Å²) in [4.78, 5) is 10.4. The van der Waals surface area contributed by atoms with Gasteiger partial charge in [-0.2, -0.15) is 0 Å². The Labute approximate surface area is 101 Å². The van der Waals surface area contributed by atoms with Gasteiger partial charge in [0.25, 0.3) is 0 Å². The first-order valence-electron chi connectivity index (χ1n) is 5.81. The molecule has 0 saturated carbocycles. The Morgan fingerprint density at radius 3 is 2.94 bits per heavy atom. The fraction of sp³-hybridized carbons (Fsp3) is 0.462. The van der Waals surface area contributed by atoms with E-state index in [2.05, 4.69) is 0 Å². The lowest BCUT2D eigenvalue weighted by atomic mass is 10.0. The fourth-order valence-electron chi connectivity index (χ4n) is 1.64. The second-order valence-electron chi connectivity index (χ2n) is 3.98. The SMILES string of the molecule is CCOc1cccc(CC(N)CCC(=O)O)c1. The van der Waals surface area contributed by atoms with E-state index in [1.165, 1.54) is 0 Å². The van der Waals surface area contributed by atoms with Crippen molar-refractivity contribution in [1.29, 1.82) is 0 Å². The molecule has 0 heterocycles. The van der Waals surface area contributed by atoms with Crippen LogP contribution in [0.2, 0.25) is 0 Å². The summed E-state index contributed by atoms with van der Waals surface area (Å²) in [5.74, 6) is 0.0268. The van der Waals surface area contributed by atoms with Gasteiger partial charge in [-0.05, 0) is 37.5 Å². The van der Waals surface area contributed by atoms with Crippen molar-refractivity contribution in [3.05, 3.63) is 29.8 Å². The second-order valence-corrected chi connectivity index (χ2v) is 3.98. The number of ether oxygens (including phenoxy) is 1. The fourth-order valence-corrected chi connectivity index (χ4v) is 1.64. The van der Waals surface area contributed by atoms with Crippen molar-refractivity contribution in [3.8, 4) is 5.75 Å².